The van der Waals surface area contributed by atoms with Gasteiger partial charge in [0.2, 0.25) is 0 Å². The molecular weight excluding hydrogens is 252 g/mol. The molecule has 0 spiro atoms. The Morgan fingerprint density at radius 1 is 1.28 bits per heavy atom. The fraction of sp³-hybridized carbons (Fsp3) is 0.462. The van der Waals surface area contributed by atoms with E-state index < -0.39 is 0 Å². The van der Waals surface area contributed by atoms with Gasteiger partial charge in [-0.3, -0.25) is 4.79 Å². The number of aliphatic hydroxyl groups excluding tert-OH is 1. The SMILES string of the molecule is Cc1ccc(NC(=O)C[N+](C)(C)CCO)cc1.[Cl-]. The van der Waals surface area contributed by atoms with Gasteiger partial charge in [-0.05, 0) is 19.1 Å². The molecule has 0 radical (unpaired) electrons. The molecule has 0 heterocycles. The Morgan fingerprint density at radius 3 is 2.33 bits per heavy atom. The molecule has 0 saturated heterocycles. The lowest BCUT2D eigenvalue weighted by molar-refractivity contribution is -0.882. The van der Waals surface area contributed by atoms with Gasteiger partial charge in [-0.1, -0.05) is 17.7 Å². The molecule has 1 rings (SSSR count). The van der Waals surface area contributed by atoms with Crippen LogP contribution in [0.15, 0.2) is 24.3 Å². The van der Waals surface area contributed by atoms with E-state index >= 15 is 0 Å². The Morgan fingerprint density at radius 2 is 1.83 bits per heavy atom. The zero-order chi connectivity index (χ0) is 12.9. The third-order valence-electron chi connectivity index (χ3n) is 2.61. The van der Waals surface area contributed by atoms with Crippen LogP contribution in [0, 0.1) is 6.92 Å². The van der Waals surface area contributed by atoms with Gasteiger partial charge in [0.25, 0.3) is 5.91 Å². The van der Waals surface area contributed by atoms with E-state index in [4.69, 9.17) is 5.11 Å². The van der Waals surface area contributed by atoms with Crippen LogP contribution in [0.5, 0.6) is 0 Å². The molecule has 1 aromatic rings. The van der Waals surface area contributed by atoms with Crippen LogP contribution in [0.3, 0.4) is 0 Å². The number of amides is 1. The minimum atomic E-state index is -0.0349. The highest BCUT2D eigenvalue weighted by atomic mass is 35.5. The molecule has 2 N–H and O–H groups in total. The van der Waals surface area contributed by atoms with Crippen LogP contribution in [0.25, 0.3) is 0 Å². The first-order valence-electron chi connectivity index (χ1n) is 5.72. The summed E-state index contributed by atoms with van der Waals surface area (Å²) in [5.74, 6) is -0.0349. The summed E-state index contributed by atoms with van der Waals surface area (Å²) in [6.45, 7) is 3.02. The molecule has 0 atom stereocenters. The standard InChI is InChI=1S/C13H20N2O2.ClH/c1-11-4-6-12(7-5-11)14-13(17)10-15(2,3)8-9-16;/h4-7,16H,8-10H2,1-3H3;1H. The van der Waals surface area contributed by atoms with E-state index in [1.807, 2.05) is 45.3 Å². The average molecular weight is 273 g/mol. The molecule has 18 heavy (non-hydrogen) atoms. The Kier molecular flexibility index (Phi) is 6.91. The maximum Gasteiger partial charge on any atom is 0.279 e. The van der Waals surface area contributed by atoms with Crippen molar-refractivity contribution in [2.24, 2.45) is 0 Å². The quantitative estimate of drug-likeness (QED) is 0.610. The number of carbonyl (C=O) groups is 1. The molecular formula is C13H21ClN2O2. The Bertz CT molecular complexity index is 377. The van der Waals surface area contributed by atoms with Crippen LogP contribution in [0.2, 0.25) is 0 Å². The maximum absolute atomic E-state index is 11.8. The predicted octanol–water partition coefficient (Wildman–Crippen LogP) is -1.99. The molecule has 0 saturated carbocycles. The van der Waals surface area contributed by atoms with Gasteiger partial charge < -0.3 is 27.3 Å². The molecule has 0 aliphatic carbocycles. The van der Waals surface area contributed by atoms with E-state index in [0.29, 0.717) is 17.6 Å². The summed E-state index contributed by atoms with van der Waals surface area (Å²) < 4.78 is 0.480. The maximum atomic E-state index is 11.8. The summed E-state index contributed by atoms with van der Waals surface area (Å²) >= 11 is 0. The molecule has 0 aromatic heterocycles. The largest absolute Gasteiger partial charge is 1.00 e. The van der Waals surface area contributed by atoms with Crippen LogP contribution < -0.4 is 17.7 Å². The zero-order valence-electron chi connectivity index (χ0n) is 11.1. The number of likely N-dealkylation sites (N-methyl/N-ethyl adjacent to an activating group) is 1. The third-order valence-corrected chi connectivity index (χ3v) is 2.61. The second-order valence-corrected chi connectivity index (χ2v) is 4.96. The number of benzene rings is 1. The van der Waals surface area contributed by atoms with Crippen LogP contribution in [0.1, 0.15) is 5.56 Å². The molecule has 0 fully saturated rings. The first-order valence-corrected chi connectivity index (χ1v) is 5.72. The van der Waals surface area contributed by atoms with Gasteiger partial charge in [0.1, 0.15) is 6.54 Å². The number of aryl methyl sites for hydroxylation is 1. The van der Waals surface area contributed by atoms with Crippen molar-refractivity contribution >= 4 is 11.6 Å². The second kappa shape index (κ2) is 7.36. The van der Waals surface area contributed by atoms with Crippen molar-refractivity contribution in [2.75, 3.05) is 39.1 Å². The normalized spacial score (nSPS) is 10.7. The van der Waals surface area contributed by atoms with Crippen LogP contribution >= 0.6 is 0 Å². The van der Waals surface area contributed by atoms with E-state index in [1.165, 1.54) is 5.56 Å². The van der Waals surface area contributed by atoms with Crippen molar-refractivity contribution in [2.45, 2.75) is 6.92 Å². The molecule has 5 heteroatoms. The topological polar surface area (TPSA) is 49.3 Å². The number of halogens is 1. The van der Waals surface area contributed by atoms with E-state index in [9.17, 15) is 4.79 Å². The summed E-state index contributed by atoms with van der Waals surface area (Å²) in [6, 6.07) is 7.70. The number of rotatable bonds is 5. The van der Waals surface area contributed by atoms with Crippen molar-refractivity contribution in [1.29, 1.82) is 0 Å². The molecule has 0 bridgehead atoms. The second-order valence-electron chi connectivity index (χ2n) is 4.96. The smallest absolute Gasteiger partial charge is 0.279 e. The van der Waals surface area contributed by atoms with Crippen molar-refractivity contribution in [3.63, 3.8) is 0 Å². The lowest BCUT2D eigenvalue weighted by Crippen LogP contribution is -3.00. The predicted molar refractivity (Wildman–Crippen MR) is 68.7 cm³/mol. The summed E-state index contributed by atoms with van der Waals surface area (Å²) in [7, 11) is 3.84. The van der Waals surface area contributed by atoms with Crippen molar-refractivity contribution < 1.29 is 26.8 Å². The van der Waals surface area contributed by atoms with Crippen LogP contribution in [-0.2, 0) is 4.79 Å². The lowest BCUT2D eigenvalue weighted by Gasteiger charge is -2.27. The minimum Gasteiger partial charge on any atom is -1.00 e. The van der Waals surface area contributed by atoms with Crippen molar-refractivity contribution in [1.82, 2.24) is 0 Å². The highest BCUT2D eigenvalue weighted by Crippen LogP contribution is 2.09. The van der Waals surface area contributed by atoms with E-state index in [-0.39, 0.29) is 24.9 Å². The number of carbonyl (C=O) groups excluding carboxylic acids is 1. The monoisotopic (exact) mass is 272 g/mol. The van der Waals surface area contributed by atoms with Gasteiger partial charge in [-0.2, -0.15) is 0 Å². The summed E-state index contributed by atoms with van der Waals surface area (Å²) in [5, 5.41) is 11.7. The molecule has 0 unspecified atom stereocenters. The molecule has 1 amide bonds. The molecule has 0 aliphatic heterocycles. The van der Waals surface area contributed by atoms with E-state index in [1.54, 1.807) is 0 Å². The number of quaternary nitrogens is 1. The van der Waals surface area contributed by atoms with Crippen molar-refractivity contribution in [3.8, 4) is 0 Å². The van der Waals surface area contributed by atoms with Crippen LogP contribution in [-0.4, -0.2) is 49.3 Å². The molecule has 1 aromatic carbocycles. The van der Waals surface area contributed by atoms with Crippen LogP contribution in [0.4, 0.5) is 5.69 Å². The third kappa shape index (κ3) is 6.00. The number of aliphatic hydroxyl groups is 1. The fourth-order valence-electron chi connectivity index (χ4n) is 1.58. The first kappa shape index (κ1) is 16.9. The van der Waals surface area contributed by atoms with Gasteiger partial charge in [0, 0.05) is 5.69 Å². The number of hydrogen-bond acceptors (Lipinski definition) is 2. The Balaban J connectivity index is 0.00000289. The zero-order valence-corrected chi connectivity index (χ0v) is 11.9. The van der Waals surface area contributed by atoms with Gasteiger partial charge in [0.15, 0.2) is 6.54 Å². The van der Waals surface area contributed by atoms with Gasteiger partial charge >= 0.3 is 0 Å². The fourth-order valence-corrected chi connectivity index (χ4v) is 1.58. The summed E-state index contributed by atoms with van der Waals surface area (Å²) in [5.41, 5.74) is 1.98. The van der Waals surface area contributed by atoms with E-state index in [2.05, 4.69) is 5.32 Å². The molecule has 102 valence electrons. The van der Waals surface area contributed by atoms with Crippen molar-refractivity contribution in [3.05, 3.63) is 29.8 Å². The summed E-state index contributed by atoms with van der Waals surface area (Å²) in [4.78, 5) is 11.8. The van der Waals surface area contributed by atoms with Gasteiger partial charge in [-0.15, -0.1) is 0 Å². The molecule has 4 nitrogen and oxygen atoms in total. The molecule has 0 aliphatic rings. The number of nitrogens with one attached hydrogen (secondary N) is 1. The summed E-state index contributed by atoms with van der Waals surface area (Å²) in [6.07, 6.45) is 0. The average Bonchev–Trinajstić information content (AvgIpc) is 2.20. The highest BCUT2D eigenvalue weighted by molar-refractivity contribution is 5.91. The number of nitrogens with zero attached hydrogens (tertiary/aromatic N) is 1. The number of anilines is 1. The van der Waals surface area contributed by atoms with Gasteiger partial charge in [0.05, 0.1) is 20.7 Å². The Hall–Kier alpha value is -1.10. The van der Waals surface area contributed by atoms with Gasteiger partial charge in [-0.25, -0.2) is 0 Å². The first-order chi connectivity index (χ1) is 7.93. The lowest BCUT2D eigenvalue weighted by atomic mass is 10.2. The van der Waals surface area contributed by atoms with E-state index in [0.717, 1.165) is 5.69 Å². The minimum absolute atomic E-state index is 0. The highest BCUT2D eigenvalue weighted by Gasteiger charge is 2.19. The Labute approximate surface area is 115 Å². The number of hydrogen-bond donors (Lipinski definition) is 2.